The summed E-state index contributed by atoms with van der Waals surface area (Å²) in [5.74, 6) is 1.83. The number of hydrogen-bond donors (Lipinski definition) is 3. The van der Waals surface area contributed by atoms with Crippen LogP contribution in [0.1, 0.15) is 108 Å². The Morgan fingerprint density at radius 1 is 0.737 bits per heavy atom. The Bertz CT molecular complexity index is 3540. The molecular weight excluding hydrogens is 959 g/mol. The second kappa shape index (κ2) is 19.9. The van der Waals surface area contributed by atoms with Gasteiger partial charge in [0, 0.05) is 87.0 Å². The minimum Gasteiger partial charge on any atom is -0.473 e. The Morgan fingerprint density at radius 2 is 1.39 bits per heavy atom. The number of H-pyrrole nitrogens is 2. The van der Waals surface area contributed by atoms with Gasteiger partial charge in [0.25, 0.3) is 0 Å². The molecule has 8 aromatic rings. The van der Waals surface area contributed by atoms with E-state index in [9.17, 15) is 5.11 Å². The summed E-state index contributed by atoms with van der Waals surface area (Å²) in [5.41, 5.74) is 15.9. The van der Waals surface area contributed by atoms with Gasteiger partial charge in [-0.05, 0) is 130 Å². The van der Waals surface area contributed by atoms with Gasteiger partial charge in [0.05, 0.1) is 93.5 Å². The van der Waals surface area contributed by atoms with Crippen LogP contribution in [-0.2, 0) is 40.2 Å². The van der Waals surface area contributed by atoms with Gasteiger partial charge in [-0.2, -0.15) is 30.6 Å². The fraction of sp³-hybridized carbons (Fsp3) is 0.500. The summed E-state index contributed by atoms with van der Waals surface area (Å²) in [6.45, 7) is 20.9. The lowest BCUT2D eigenvalue weighted by molar-refractivity contribution is 0.124. The van der Waals surface area contributed by atoms with E-state index in [1.165, 1.54) is 0 Å². The molecule has 20 nitrogen and oxygen atoms in total. The standard InChI is InChI=1S/C56H71N17O3/c1-31(30-74)73-50-29-71(40-12-13-40)26-33(3)76-56-52(47-23-43-44(15-11-39(50)24-57-73)60-62-54(43)36(6)59-47)48(65-69(56)10)21-38-17-18-70(27-38)19-20-72-37(7)41-14-16-45-42-22-46(58-35(5)53(42)63-61-45)51-34(4)64-68(9)55(51)75-32(2)25-67(8)28-49(41)66-72/h11,14-16,22-24,31-33,38,40,74H,12-13,17-21,25-30H2,1-10H3,(H,60,62)(H,61,63)/b15-11+,16-14+/t31-,32-,33-,38?/m0/s1. The summed E-state index contributed by atoms with van der Waals surface area (Å²) in [7, 11) is 6.06. The molecule has 2 fully saturated rings. The van der Waals surface area contributed by atoms with E-state index in [2.05, 4.69) is 93.8 Å². The second-order valence-electron chi connectivity index (χ2n) is 22.1. The Balaban J connectivity index is 0.807. The van der Waals surface area contributed by atoms with Crippen molar-refractivity contribution in [1.82, 2.24) is 84.2 Å². The average molecular weight is 1030 g/mol. The van der Waals surface area contributed by atoms with E-state index in [1.54, 1.807) is 0 Å². The number of fused-ring (bicyclic) bond motifs is 8. The maximum Gasteiger partial charge on any atom is 0.221 e. The summed E-state index contributed by atoms with van der Waals surface area (Å²) in [6.07, 6.45) is 14.3. The first-order valence-corrected chi connectivity index (χ1v) is 27.1. The van der Waals surface area contributed by atoms with Crippen molar-refractivity contribution in [3.05, 3.63) is 80.7 Å². The van der Waals surface area contributed by atoms with Crippen LogP contribution >= 0.6 is 0 Å². The molecule has 1 aliphatic carbocycles. The SMILES string of the molecule is Cc1nn(C)c2c1-c1cc3c([nH]nc3c(C)n1)/C=C/c1c(nn(CCN3CCC(Cc4nn(C)c5c4-c4cc6c([nH]nc6c(C)n4)/C=C/c4cnn([C@@H](C)CO)c4CN(C4CC4)C[C@H](C)O5)C3)c1C)CN(C)C[C@H](C)O2. The highest BCUT2D eigenvalue weighted by Gasteiger charge is 2.34. The Kier molecular flexibility index (Phi) is 13.0. The molecule has 1 saturated carbocycles. The second-order valence-corrected chi connectivity index (χ2v) is 22.1. The number of likely N-dealkylation sites (tertiary alicyclic amines) is 1. The zero-order chi connectivity index (χ0) is 52.7. The van der Waals surface area contributed by atoms with Crippen molar-refractivity contribution in [3.8, 4) is 34.3 Å². The number of likely N-dealkylation sites (N-methyl/N-ethyl adjacent to an activating group) is 1. The zero-order valence-electron chi connectivity index (χ0n) is 45.6. The van der Waals surface area contributed by atoms with E-state index in [-0.39, 0.29) is 24.9 Å². The molecule has 3 N–H and O–H groups in total. The van der Waals surface area contributed by atoms with Gasteiger partial charge in [-0.3, -0.25) is 39.3 Å². The highest BCUT2D eigenvalue weighted by atomic mass is 16.5. The molecule has 0 spiro atoms. The van der Waals surface area contributed by atoms with E-state index in [4.69, 9.17) is 50.0 Å². The molecule has 11 heterocycles. The van der Waals surface area contributed by atoms with Gasteiger partial charge in [0.15, 0.2) is 0 Å². The van der Waals surface area contributed by atoms with Gasteiger partial charge in [-0.25, -0.2) is 9.36 Å². The number of ether oxygens (including phenoxy) is 2. The monoisotopic (exact) mass is 1030 g/mol. The van der Waals surface area contributed by atoms with Gasteiger partial charge >= 0.3 is 0 Å². The molecule has 4 bridgehead atoms. The Labute approximate surface area is 442 Å². The molecule has 1 saturated heterocycles. The van der Waals surface area contributed by atoms with Crippen LogP contribution in [0.5, 0.6) is 11.8 Å². The molecule has 76 heavy (non-hydrogen) atoms. The average Bonchev–Trinajstić information content (AvgIpc) is 3.95. The number of aromatic amines is 2. The number of aliphatic hydroxyl groups is 1. The molecular formula is C56H71N17O3. The van der Waals surface area contributed by atoms with Crippen LogP contribution in [0.3, 0.4) is 0 Å². The normalized spacial score (nSPS) is 21.1. The van der Waals surface area contributed by atoms with Crippen molar-refractivity contribution in [3.63, 3.8) is 0 Å². The summed E-state index contributed by atoms with van der Waals surface area (Å²) in [6, 6.07) is 4.56. The maximum absolute atomic E-state index is 10.2. The molecule has 20 heteroatoms. The number of pyridine rings is 2. The molecule has 0 radical (unpaired) electrons. The van der Waals surface area contributed by atoms with Crippen LogP contribution < -0.4 is 9.47 Å². The molecule has 12 rings (SSSR count). The van der Waals surface area contributed by atoms with Crippen LogP contribution in [0.2, 0.25) is 0 Å². The third-order valence-electron chi connectivity index (χ3n) is 16.0. The van der Waals surface area contributed by atoms with Crippen LogP contribution in [0.4, 0.5) is 0 Å². The minimum atomic E-state index is -0.155. The summed E-state index contributed by atoms with van der Waals surface area (Å²) < 4.78 is 21.7. The highest BCUT2D eigenvalue weighted by Crippen LogP contribution is 2.40. The summed E-state index contributed by atoms with van der Waals surface area (Å²) >= 11 is 0. The van der Waals surface area contributed by atoms with Gasteiger partial charge in [-0.1, -0.05) is 0 Å². The fourth-order valence-electron chi connectivity index (χ4n) is 12.0. The Hall–Kier alpha value is -7.00. The molecule has 0 amide bonds. The lowest BCUT2D eigenvalue weighted by Gasteiger charge is -2.27. The number of nitrogens with one attached hydrogen (secondary N) is 2. The smallest absolute Gasteiger partial charge is 0.221 e. The van der Waals surface area contributed by atoms with E-state index in [0.717, 1.165) is 171 Å². The quantitative estimate of drug-likeness (QED) is 0.139. The van der Waals surface area contributed by atoms with Gasteiger partial charge in [0.2, 0.25) is 11.8 Å². The third-order valence-corrected chi connectivity index (χ3v) is 16.0. The molecule has 8 aromatic heterocycles. The molecule has 1 unspecified atom stereocenters. The molecule has 4 atom stereocenters. The van der Waals surface area contributed by atoms with Gasteiger partial charge in [0.1, 0.15) is 23.2 Å². The van der Waals surface area contributed by atoms with Gasteiger partial charge < -0.3 is 19.5 Å². The van der Waals surface area contributed by atoms with Crippen LogP contribution in [0, 0.1) is 33.6 Å². The van der Waals surface area contributed by atoms with Crippen molar-refractivity contribution >= 4 is 46.1 Å². The van der Waals surface area contributed by atoms with Crippen molar-refractivity contribution < 1.29 is 14.6 Å². The number of rotatable bonds is 8. The van der Waals surface area contributed by atoms with Crippen LogP contribution in [0.25, 0.3) is 68.6 Å². The summed E-state index contributed by atoms with van der Waals surface area (Å²) in [4.78, 5) is 17.6. The Morgan fingerprint density at radius 3 is 2.09 bits per heavy atom. The number of hydrogen-bond acceptors (Lipinski definition) is 14. The number of aromatic nitrogens is 14. The maximum atomic E-state index is 10.2. The first-order valence-electron chi connectivity index (χ1n) is 27.1. The van der Waals surface area contributed by atoms with E-state index in [1.807, 2.05) is 62.0 Å². The van der Waals surface area contributed by atoms with E-state index in [0.29, 0.717) is 37.5 Å². The van der Waals surface area contributed by atoms with E-state index >= 15 is 0 Å². The molecule has 398 valence electrons. The predicted molar refractivity (Wildman–Crippen MR) is 293 cm³/mol. The van der Waals surface area contributed by atoms with Crippen LogP contribution in [-0.4, -0.2) is 154 Å². The fourth-order valence-corrected chi connectivity index (χ4v) is 12.0. The zero-order valence-corrected chi connectivity index (χ0v) is 45.6. The highest BCUT2D eigenvalue weighted by molar-refractivity contribution is 5.95. The van der Waals surface area contributed by atoms with Crippen molar-refractivity contribution in [1.29, 1.82) is 0 Å². The first-order chi connectivity index (χ1) is 36.7. The molecule has 4 aliphatic rings. The summed E-state index contributed by atoms with van der Waals surface area (Å²) in [5, 5.41) is 48.3. The van der Waals surface area contributed by atoms with Gasteiger partial charge in [-0.15, -0.1) is 0 Å². The number of nitrogens with zero attached hydrogens (tertiary/aromatic N) is 15. The van der Waals surface area contributed by atoms with Crippen LogP contribution in [0.15, 0.2) is 18.3 Å². The molecule has 0 aromatic carbocycles. The first kappa shape index (κ1) is 49.9. The van der Waals surface area contributed by atoms with Crippen molar-refractivity contribution in [2.75, 3.05) is 46.4 Å². The lowest BCUT2D eigenvalue weighted by atomic mass is 9.98. The van der Waals surface area contributed by atoms with Crippen molar-refractivity contribution in [2.24, 2.45) is 20.0 Å². The largest absolute Gasteiger partial charge is 0.473 e. The molecule has 3 aliphatic heterocycles. The topological polar surface area (TPSA) is 203 Å². The third kappa shape index (κ3) is 9.32. The number of aliphatic hydroxyl groups excluding tert-OH is 1. The van der Waals surface area contributed by atoms with E-state index < -0.39 is 0 Å². The minimum absolute atomic E-state index is 0.00599. The van der Waals surface area contributed by atoms with Crippen molar-refractivity contribution in [2.45, 2.75) is 118 Å². The number of aryl methyl sites for hydroxylation is 5. The lowest BCUT2D eigenvalue weighted by Crippen LogP contribution is -2.36. The predicted octanol–water partition coefficient (Wildman–Crippen LogP) is 7.07.